The maximum absolute atomic E-state index is 13.0. The Morgan fingerprint density at radius 2 is 1.53 bits per heavy atom. The lowest BCUT2D eigenvalue weighted by Gasteiger charge is -2.23. The third kappa shape index (κ3) is 9.35. The lowest BCUT2D eigenvalue weighted by Crippen LogP contribution is -2.52. The monoisotopic (exact) mass is 488 g/mol. The summed E-state index contributed by atoms with van der Waals surface area (Å²) in [5.41, 5.74) is 0.819. The van der Waals surface area contributed by atoms with E-state index in [9.17, 15) is 18.6 Å². The van der Waals surface area contributed by atoms with Crippen LogP contribution in [0.15, 0.2) is 65.6 Å². The fourth-order valence-electron chi connectivity index (χ4n) is 3.19. The first-order chi connectivity index (χ1) is 16.3. The number of esters is 1. The minimum atomic E-state index is -1.34. The summed E-state index contributed by atoms with van der Waals surface area (Å²) in [7, 11) is -0.113. The second kappa shape index (κ2) is 14.1. The van der Waals surface area contributed by atoms with Crippen LogP contribution in [-0.2, 0) is 36.5 Å². The summed E-state index contributed by atoms with van der Waals surface area (Å²) in [4.78, 5) is 38.2. The summed E-state index contributed by atoms with van der Waals surface area (Å²) in [5, 5.41) is 5.23. The van der Waals surface area contributed by atoms with Crippen LogP contribution in [0.2, 0.25) is 0 Å². The van der Waals surface area contributed by atoms with Crippen LogP contribution >= 0.6 is 0 Å². The molecule has 0 aromatic heterocycles. The number of amides is 2. The molecule has 8 nitrogen and oxygen atoms in total. The smallest absolute Gasteiger partial charge is 0.408 e. The predicted octanol–water partition coefficient (Wildman–Crippen LogP) is 3.18. The minimum absolute atomic E-state index is 0.0682. The van der Waals surface area contributed by atoms with E-state index in [1.165, 1.54) is 7.11 Å². The summed E-state index contributed by atoms with van der Waals surface area (Å²) < 4.78 is 22.6. The van der Waals surface area contributed by atoms with E-state index < -0.39 is 40.9 Å². The van der Waals surface area contributed by atoms with Gasteiger partial charge in [-0.2, -0.15) is 0 Å². The second-order valence-corrected chi connectivity index (χ2v) is 9.69. The van der Waals surface area contributed by atoms with Gasteiger partial charge in [-0.25, -0.2) is 9.59 Å². The first-order valence-electron chi connectivity index (χ1n) is 11.1. The zero-order valence-corrected chi connectivity index (χ0v) is 20.5. The molecule has 34 heavy (non-hydrogen) atoms. The van der Waals surface area contributed by atoms with Crippen molar-refractivity contribution in [3.8, 4) is 0 Å². The molecule has 0 bridgehead atoms. The SMILES string of the molecule is COC(=O)[C@H](CC[S@@](=O)c1ccccc1)NC(=O)[C@H](CC(C)C)NC(=O)OCc1ccccc1. The summed E-state index contributed by atoms with van der Waals surface area (Å²) in [5.74, 6) is -0.933. The Hall–Kier alpha value is -3.20. The number of benzene rings is 2. The van der Waals surface area contributed by atoms with Crippen LogP contribution in [0, 0.1) is 5.92 Å². The van der Waals surface area contributed by atoms with Crippen LogP contribution in [0.1, 0.15) is 32.3 Å². The molecule has 0 saturated heterocycles. The molecule has 0 radical (unpaired) electrons. The third-order valence-electron chi connectivity index (χ3n) is 4.93. The van der Waals surface area contributed by atoms with Crippen molar-refractivity contribution in [3.63, 3.8) is 0 Å². The molecule has 0 aliphatic rings. The maximum Gasteiger partial charge on any atom is 0.408 e. The van der Waals surface area contributed by atoms with Gasteiger partial charge in [0.15, 0.2) is 0 Å². The molecule has 3 atom stereocenters. The van der Waals surface area contributed by atoms with Crippen LogP contribution in [0.25, 0.3) is 0 Å². The van der Waals surface area contributed by atoms with Crippen molar-refractivity contribution >= 4 is 28.8 Å². The first kappa shape index (κ1) is 27.0. The summed E-state index contributed by atoms with van der Waals surface area (Å²) in [6, 6.07) is 16.2. The quantitative estimate of drug-likeness (QED) is 0.444. The second-order valence-electron chi connectivity index (χ2n) is 8.12. The Bertz CT molecular complexity index is 952. The number of hydrogen-bond donors (Lipinski definition) is 2. The molecule has 0 aliphatic carbocycles. The van der Waals surface area contributed by atoms with Gasteiger partial charge < -0.3 is 20.1 Å². The van der Waals surface area contributed by atoms with E-state index in [1.807, 2.05) is 50.2 Å². The molecule has 2 N–H and O–H groups in total. The molecule has 0 fully saturated rings. The number of carbonyl (C=O) groups excluding carboxylic acids is 3. The Morgan fingerprint density at radius 1 is 0.912 bits per heavy atom. The van der Waals surface area contributed by atoms with E-state index in [0.29, 0.717) is 11.3 Å². The van der Waals surface area contributed by atoms with Crippen molar-refractivity contribution in [2.75, 3.05) is 12.9 Å². The van der Waals surface area contributed by atoms with Crippen molar-refractivity contribution in [1.29, 1.82) is 0 Å². The number of rotatable bonds is 12. The van der Waals surface area contributed by atoms with Gasteiger partial charge in [0.25, 0.3) is 0 Å². The van der Waals surface area contributed by atoms with E-state index in [-0.39, 0.29) is 24.7 Å². The maximum atomic E-state index is 13.0. The molecule has 2 rings (SSSR count). The standard InChI is InChI=1S/C25H32N2O6S/c1-18(2)16-22(27-25(30)33-17-19-10-6-4-7-11-19)23(28)26-21(24(29)32-3)14-15-34(31)20-12-8-5-9-13-20/h4-13,18,21-22H,14-17H2,1-3H3,(H,26,28)(H,27,30)/t21-,22-,34+/m0/s1. The van der Waals surface area contributed by atoms with Gasteiger partial charge in [0.2, 0.25) is 5.91 Å². The minimum Gasteiger partial charge on any atom is -0.467 e. The van der Waals surface area contributed by atoms with Gasteiger partial charge in [0.1, 0.15) is 18.7 Å². The number of carbonyl (C=O) groups is 3. The van der Waals surface area contributed by atoms with Gasteiger partial charge in [-0.3, -0.25) is 9.00 Å². The highest BCUT2D eigenvalue weighted by Crippen LogP contribution is 2.10. The molecular weight excluding hydrogens is 456 g/mol. The van der Waals surface area contributed by atoms with Crippen molar-refractivity contribution in [1.82, 2.24) is 10.6 Å². The van der Waals surface area contributed by atoms with Crippen molar-refractivity contribution < 1.29 is 28.1 Å². The van der Waals surface area contributed by atoms with E-state index in [4.69, 9.17) is 9.47 Å². The lowest BCUT2D eigenvalue weighted by atomic mass is 10.0. The molecule has 0 aliphatic heterocycles. The van der Waals surface area contributed by atoms with E-state index in [1.54, 1.807) is 24.3 Å². The number of hydrogen-bond acceptors (Lipinski definition) is 6. The molecular formula is C25H32N2O6S. The predicted molar refractivity (Wildman–Crippen MR) is 129 cm³/mol. The normalized spacial score (nSPS) is 13.4. The topological polar surface area (TPSA) is 111 Å². The number of ether oxygens (including phenoxy) is 2. The van der Waals surface area contributed by atoms with Gasteiger partial charge >= 0.3 is 12.1 Å². The molecule has 2 amide bonds. The molecule has 9 heteroatoms. The molecule has 0 spiro atoms. The fraction of sp³-hybridized carbons (Fsp3) is 0.400. The van der Waals surface area contributed by atoms with E-state index >= 15 is 0 Å². The van der Waals surface area contributed by atoms with Crippen LogP contribution in [0.5, 0.6) is 0 Å². The Kier molecular flexibility index (Phi) is 11.3. The lowest BCUT2D eigenvalue weighted by molar-refractivity contribution is -0.145. The molecule has 0 unspecified atom stereocenters. The fourth-order valence-corrected chi connectivity index (χ4v) is 4.33. The first-order valence-corrected chi connectivity index (χ1v) is 12.4. The molecule has 184 valence electrons. The van der Waals surface area contributed by atoms with Gasteiger partial charge in [-0.15, -0.1) is 0 Å². The molecule has 0 saturated carbocycles. The summed E-state index contributed by atoms with van der Waals surface area (Å²) in [6.45, 7) is 3.90. The van der Waals surface area contributed by atoms with Crippen LogP contribution < -0.4 is 10.6 Å². The molecule has 0 heterocycles. The summed E-state index contributed by atoms with van der Waals surface area (Å²) >= 11 is 0. The molecule has 2 aromatic rings. The zero-order valence-electron chi connectivity index (χ0n) is 19.7. The van der Waals surface area contributed by atoms with Crippen molar-refractivity contribution in [2.24, 2.45) is 5.92 Å². The van der Waals surface area contributed by atoms with Gasteiger partial charge in [-0.05, 0) is 36.5 Å². The Balaban J connectivity index is 1.99. The third-order valence-corrected chi connectivity index (χ3v) is 6.33. The number of alkyl carbamates (subject to hydrolysis) is 1. The largest absolute Gasteiger partial charge is 0.467 e. The van der Waals surface area contributed by atoms with Gasteiger partial charge in [0, 0.05) is 10.6 Å². The number of methoxy groups -OCH3 is 1. The van der Waals surface area contributed by atoms with Crippen LogP contribution in [-0.4, -0.2) is 47.1 Å². The van der Waals surface area contributed by atoms with E-state index in [2.05, 4.69) is 10.6 Å². The Labute approximate surface area is 202 Å². The van der Waals surface area contributed by atoms with Crippen LogP contribution in [0.3, 0.4) is 0 Å². The highest BCUT2D eigenvalue weighted by molar-refractivity contribution is 7.85. The highest BCUT2D eigenvalue weighted by atomic mass is 32.2. The average molecular weight is 489 g/mol. The van der Waals surface area contributed by atoms with Gasteiger partial charge in [-0.1, -0.05) is 62.4 Å². The molecule has 2 aromatic carbocycles. The zero-order chi connectivity index (χ0) is 24.9. The highest BCUT2D eigenvalue weighted by Gasteiger charge is 2.28. The summed E-state index contributed by atoms with van der Waals surface area (Å²) in [6.07, 6.45) is -0.271. The Morgan fingerprint density at radius 3 is 2.12 bits per heavy atom. The van der Waals surface area contributed by atoms with Crippen molar-refractivity contribution in [3.05, 3.63) is 66.2 Å². The van der Waals surface area contributed by atoms with Gasteiger partial charge in [0.05, 0.1) is 17.9 Å². The average Bonchev–Trinajstić information content (AvgIpc) is 2.84. The van der Waals surface area contributed by atoms with Crippen LogP contribution in [0.4, 0.5) is 4.79 Å². The van der Waals surface area contributed by atoms with Crippen molar-refractivity contribution in [2.45, 2.75) is 50.3 Å². The van der Waals surface area contributed by atoms with E-state index in [0.717, 1.165) is 5.56 Å². The number of nitrogens with one attached hydrogen (secondary N) is 2.